The fourth-order valence-corrected chi connectivity index (χ4v) is 1.42. The maximum atomic E-state index is 11.9. The molecule has 1 aromatic carbocycles. The summed E-state index contributed by atoms with van der Waals surface area (Å²) in [5.74, 6) is -0.809. The Morgan fingerprint density at radius 2 is 1.63 bits per heavy atom. The molecule has 0 bridgehead atoms. The van der Waals surface area contributed by atoms with Crippen LogP contribution < -0.4 is 5.32 Å². The van der Waals surface area contributed by atoms with Crippen LogP contribution in [0.25, 0.3) is 0 Å². The third-order valence-corrected chi connectivity index (χ3v) is 3.44. The minimum absolute atomic E-state index is 0.139. The molecule has 1 atom stereocenters. The Labute approximate surface area is 113 Å². The van der Waals surface area contributed by atoms with Crippen molar-refractivity contribution >= 4 is 11.9 Å². The topological polar surface area (TPSA) is 66.4 Å². The summed E-state index contributed by atoms with van der Waals surface area (Å²) in [5.41, 5.74) is 0.797. The monoisotopic (exact) mass is 263 g/mol. The van der Waals surface area contributed by atoms with Crippen LogP contribution in [0.3, 0.4) is 0 Å². The van der Waals surface area contributed by atoms with Gasteiger partial charge in [0, 0.05) is 12.1 Å². The molecule has 0 aliphatic carbocycles. The van der Waals surface area contributed by atoms with Crippen LogP contribution in [-0.2, 0) is 0 Å². The maximum Gasteiger partial charge on any atom is 0.335 e. The lowest BCUT2D eigenvalue weighted by Gasteiger charge is -2.27. The summed E-state index contributed by atoms with van der Waals surface area (Å²) in [6.07, 6.45) is 0. The minimum Gasteiger partial charge on any atom is -0.478 e. The van der Waals surface area contributed by atoms with Gasteiger partial charge in [-0.05, 0) is 35.6 Å². The molecule has 2 N–H and O–H groups in total. The average molecular weight is 263 g/mol. The standard InChI is InChI=1S/C15H21NO3/c1-10(15(2,3)4)9-16-13(17)11-5-7-12(8-6-11)14(18)19/h5-8,10H,9H2,1-4H3,(H,16,17)(H,18,19). The van der Waals surface area contributed by atoms with Gasteiger partial charge in [-0.3, -0.25) is 4.79 Å². The molecular weight excluding hydrogens is 242 g/mol. The third kappa shape index (κ3) is 4.39. The van der Waals surface area contributed by atoms with E-state index in [2.05, 4.69) is 33.0 Å². The first kappa shape index (κ1) is 15.2. The highest BCUT2D eigenvalue weighted by Crippen LogP contribution is 2.24. The van der Waals surface area contributed by atoms with Gasteiger partial charge in [-0.1, -0.05) is 27.7 Å². The fourth-order valence-electron chi connectivity index (χ4n) is 1.42. The number of aromatic carboxylic acids is 1. The van der Waals surface area contributed by atoms with Crippen molar-refractivity contribution in [2.75, 3.05) is 6.54 Å². The first-order valence-electron chi connectivity index (χ1n) is 6.33. The first-order chi connectivity index (χ1) is 8.71. The molecule has 0 radical (unpaired) electrons. The highest BCUT2D eigenvalue weighted by Gasteiger charge is 2.20. The van der Waals surface area contributed by atoms with E-state index in [1.165, 1.54) is 24.3 Å². The van der Waals surface area contributed by atoms with Crippen LogP contribution in [-0.4, -0.2) is 23.5 Å². The molecular formula is C15H21NO3. The molecule has 4 nitrogen and oxygen atoms in total. The number of benzene rings is 1. The van der Waals surface area contributed by atoms with Crippen LogP contribution >= 0.6 is 0 Å². The summed E-state index contributed by atoms with van der Waals surface area (Å²) in [7, 11) is 0. The molecule has 1 rings (SSSR count). The summed E-state index contributed by atoms with van der Waals surface area (Å²) < 4.78 is 0. The molecule has 0 spiro atoms. The summed E-state index contributed by atoms with van der Waals surface area (Å²) in [5, 5.41) is 11.6. The second-order valence-corrected chi connectivity index (χ2v) is 5.86. The fraction of sp³-hybridized carbons (Fsp3) is 0.467. The van der Waals surface area contributed by atoms with Gasteiger partial charge in [-0.25, -0.2) is 4.79 Å². The van der Waals surface area contributed by atoms with E-state index in [9.17, 15) is 9.59 Å². The number of hydrogen-bond donors (Lipinski definition) is 2. The van der Waals surface area contributed by atoms with E-state index in [4.69, 9.17) is 5.11 Å². The van der Waals surface area contributed by atoms with Crippen LogP contribution in [0.15, 0.2) is 24.3 Å². The van der Waals surface area contributed by atoms with Gasteiger partial charge in [0.05, 0.1) is 5.56 Å². The quantitative estimate of drug-likeness (QED) is 0.877. The van der Waals surface area contributed by atoms with Crippen molar-refractivity contribution in [3.05, 3.63) is 35.4 Å². The lowest BCUT2D eigenvalue weighted by molar-refractivity contribution is 0.0696. The van der Waals surface area contributed by atoms with Crippen LogP contribution in [0.4, 0.5) is 0 Å². The van der Waals surface area contributed by atoms with Gasteiger partial charge < -0.3 is 10.4 Å². The Morgan fingerprint density at radius 1 is 1.16 bits per heavy atom. The molecule has 4 heteroatoms. The van der Waals surface area contributed by atoms with E-state index in [1.54, 1.807) is 0 Å². The zero-order chi connectivity index (χ0) is 14.6. The number of carbonyl (C=O) groups excluding carboxylic acids is 1. The van der Waals surface area contributed by atoms with E-state index < -0.39 is 5.97 Å². The van der Waals surface area contributed by atoms with Crippen molar-refractivity contribution in [1.29, 1.82) is 0 Å². The largest absolute Gasteiger partial charge is 0.478 e. The van der Waals surface area contributed by atoms with Crippen molar-refractivity contribution in [3.63, 3.8) is 0 Å². The molecule has 0 saturated carbocycles. The molecule has 0 saturated heterocycles. The highest BCUT2D eigenvalue weighted by atomic mass is 16.4. The minimum atomic E-state index is -0.992. The van der Waals surface area contributed by atoms with Crippen molar-refractivity contribution in [2.45, 2.75) is 27.7 Å². The highest BCUT2D eigenvalue weighted by molar-refractivity contribution is 5.95. The second kappa shape index (κ2) is 5.87. The average Bonchev–Trinajstić information content (AvgIpc) is 2.34. The van der Waals surface area contributed by atoms with Gasteiger partial charge in [-0.2, -0.15) is 0 Å². The van der Waals surface area contributed by atoms with E-state index in [0.717, 1.165) is 0 Å². The van der Waals surface area contributed by atoms with Crippen molar-refractivity contribution in [3.8, 4) is 0 Å². The predicted octanol–water partition coefficient (Wildman–Crippen LogP) is 2.80. The molecule has 1 unspecified atom stereocenters. The molecule has 1 amide bonds. The zero-order valence-electron chi connectivity index (χ0n) is 11.9. The van der Waals surface area contributed by atoms with Gasteiger partial charge in [0.25, 0.3) is 5.91 Å². The van der Waals surface area contributed by atoms with Crippen LogP contribution in [0, 0.1) is 11.3 Å². The summed E-state index contributed by atoms with van der Waals surface area (Å²) in [4.78, 5) is 22.6. The Bertz CT molecular complexity index is 457. The molecule has 0 aliphatic rings. The van der Waals surface area contributed by atoms with Gasteiger partial charge in [-0.15, -0.1) is 0 Å². The van der Waals surface area contributed by atoms with Crippen molar-refractivity contribution in [2.24, 2.45) is 11.3 Å². The molecule has 1 aromatic rings. The molecule has 0 heterocycles. The van der Waals surface area contributed by atoms with Crippen LogP contribution in [0.1, 0.15) is 48.4 Å². The van der Waals surface area contributed by atoms with Gasteiger partial charge in [0.15, 0.2) is 0 Å². The smallest absolute Gasteiger partial charge is 0.335 e. The Morgan fingerprint density at radius 3 is 2.05 bits per heavy atom. The number of amides is 1. The lowest BCUT2D eigenvalue weighted by Crippen LogP contribution is -2.33. The first-order valence-corrected chi connectivity index (χ1v) is 6.33. The van der Waals surface area contributed by atoms with Crippen LogP contribution in [0.2, 0.25) is 0 Å². The molecule has 19 heavy (non-hydrogen) atoms. The van der Waals surface area contributed by atoms with E-state index >= 15 is 0 Å². The number of hydrogen-bond acceptors (Lipinski definition) is 2. The molecule has 0 aliphatic heterocycles. The number of rotatable bonds is 4. The van der Waals surface area contributed by atoms with Gasteiger partial charge in [0.2, 0.25) is 0 Å². The Hall–Kier alpha value is -1.84. The number of carboxylic acids is 1. The predicted molar refractivity (Wildman–Crippen MR) is 74.4 cm³/mol. The molecule has 104 valence electrons. The Balaban J connectivity index is 2.61. The summed E-state index contributed by atoms with van der Waals surface area (Å²) in [6.45, 7) is 9.08. The summed E-state index contributed by atoms with van der Waals surface area (Å²) >= 11 is 0. The van der Waals surface area contributed by atoms with Gasteiger partial charge in [0.1, 0.15) is 0 Å². The normalized spacial score (nSPS) is 12.8. The number of carbonyl (C=O) groups is 2. The maximum absolute atomic E-state index is 11.9. The van der Waals surface area contributed by atoms with Crippen LogP contribution in [0.5, 0.6) is 0 Å². The SMILES string of the molecule is CC(CNC(=O)c1ccc(C(=O)O)cc1)C(C)(C)C. The Kier molecular flexibility index (Phi) is 4.70. The number of carboxylic acid groups (broad SMARTS) is 1. The van der Waals surface area contributed by atoms with E-state index in [0.29, 0.717) is 18.0 Å². The van der Waals surface area contributed by atoms with Gasteiger partial charge >= 0.3 is 5.97 Å². The molecule has 0 aromatic heterocycles. The summed E-state index contributed by atoms with van der Waals surface area (Å²) in [6, 6.07) is 5.93. The lowest BCUT2D eigenvalue weighted by atomic mass is 9.82. The second-order valence-electron chi connectivity index (χ2n) is 5.86. The molecule has 0 fully saturated rings. The van der Waals surface area contributed by atoms with Crippen molar-refractivity contribution < 1.29 is 14.7 Å². The third-order valence-electron chi connectivity index (χ3n) is 3.44. The van der Waals surface area contributed by atoms with E-state index in [1.807, 2.05) is 0 Å². The van der Waals surface area contributed by atoms with E-state index in [-0.39, 0.29) is 16.9 Å². The zero-order valence-corrected chi connectivity index (χ0v) is 11.9. The number of nitrogens with one attached hydrogen (secondary N) is 1. The van der Waals surface area contributed by atoms with Crippen molar-refractivity contribution in [1.82, 2.24) is 5.32 Å².